The Balaban J connectivity index is 1.35. The van der Waals surface area contributed by atoms with Crippen LogP contribution in [0, 0.1) is 6.92 Å². The van der Waals surface area contributed by atoms with Crippen molar-refractivity contribution in [3.05, 3.63) is 65.2 Å². The van der Waals surface area contributed by atoms with Gasteiger partial charge >= 0.3 is 5.97 Å². The highest BCUT2D eigenvalue weighted by atomic mass is 35.5. The fourth-order valence-electron chi connectivity index (χ4n) is 3.45. The van der Waals surface area contributed by atoms with Gasteiger partial charge < -0.3 is 15.2 Å². The van der Waals surface area contributed by atoms with Gasteiger partial charge in [-0.2, -0.15) is 0 Å². The minimum atomic E-state index is -3.34. The number of halogens is 1. The highest BCUT2D eigenvalue weighted by Gasteiger charge is 2.15. The molecule has 0 aliphatic heterocycles. The lowest BCUT2D eigenvalue weighted by molar-refractivity contribution is -0.139. The molecule has 9 heteroatoms. The van der Waals surface area contributed by atoms with Gasteiger partial charge in [-0.05, 0) is 86.0 Å². The van der Waals surface area contributed by atoms with E-state index in [1.165, 1.54) is 0 Å². The molecule has 0 aliphatic rings. The number of carboxylic acids is 1. The van der Waals surface area contributed by atoms with E-state index in [1.807, 2.05) is 31.2 Å². The van der Waals surface area contributed by atoms with E-state index in [-0.39, 0.29) is 12.4 Å². The molecule has 0 atom stereocenters. The summed E-state index contributed by atoms with van der Waals surface area (Å²) in [6, 6.07) is 16.3. The van der Waals surface area contributed by atoms with Crippen molar-refractivity contribution in [1.29, 1.82) is 0 Å². The minimum absolute atomic E-state index is 0.0936. The molecule has 0 radical (unpaired) electrons. The third-order valence-electron chi connectivity index (χ3n) is 5.19. The number of rotatable bonds is 13. The number of carbonyl (C=O) groups is 1. The van der Waals surface area contributed by atoms with E-state index >= 15 is 0 Å². The molecule has 0 saturated carbocycles. The molecular weight excluding hydrogens is 494 g/mol. The lowest BCUT2D eigenvalue weighted by atomic mass is 10.1. The number of ether oxygens (including phenoxy) is 1. The normalized spacial score (nSPS) is 11.6. The molecule has 3 aromatic rings. The van der Waals surface area contributed by atoms with Gasteiger partial charge in [-0.1, -0.05) is 29.8 Å². The molecule has 0 amide bonds. The first-order valence-corrected chi connectivity index (χ1v) is 14.0. The second kappa shape index (κ2) is 12.4. The Kier molecular flexibility index (Phi) is 9.64. The highest BCUT2D eigenvalue weighted by molar-refractivity contribution is 7.99. The van der Waals surface area contributed by atoms with E-state index in [4.69, 9.17) is 21.4 Å². The summed E-state index contributed by atoms with van der Waals surface area (Å²) in [5.74, 6) is 0.591. The van der Waals surface area contributed by atoms with Crippen molar-refractivity contribution in [2.24, 2.45) is 0 Å². The van der Waals surface area contributed by atoms with E-state index in [0.717, 1.165) is 39.9 Å². The molecule has 0 spiro atoms. The van der Waals surface area contributed by atoms with Crippen LogP contribution in [0.4, 0.5) is 0 Å². The molecule has 2 N–H and O–H groups in total. The van der Waals surface area contributed by atoms with Crippen LogP contribution in [0.15, 0.2) is 64.4 Å². The predicted octanol–water partition coefficient (Wildman–Crippen LogP) is 5.20. The Morgan fingerprint density at radius 3 is 2.65 bits per heavy atom. The maximum Gasteiger partial charge on any atom is 0.341 e. The van der Waals surface area contributed by atoms with Crippen LogP contribution >= 0.6 is 23.4 Å². The average molecular weight is 522 g/mol. The fraction of sp³-hybridized carbons (Fsp3) is 0.320. The molecule has 0 bridgehead atoms. The van der Waals surface area contributed by atoms with Gasteiger partial charge in [-0.15, -0.1) is 11.8 Å². The lowest BCUT2D eigenvalue weighted by Gasteiger charge is -2.09. The van der Waals surface area contributed by atoms with Crippen molar-refractivity contribution in [2.45, 2.75) is 29.6 Å². The summed E-state index contributed by atoms with van der Waals surface area (Å²) < 4.78 is 30.6. The van der Waals surface area contributed by atoms with Gasteiger partial charge in [0, 0.05) is 15.3 Å². The molecule has 182 valence electrons. The average Bonchev–Trinajstić information content (AvgIpc) is 2.80. The number of hydrogen-bond acceptors (Lipinski definition) is 6. The van der Waals surface area contributed by atoms with Gasteiger partial charge in [0.1, 0.15) is 5.75 Å². The smallest absolute Gasteiger partial charge is 0.341 e. The van der Waals surface area contributed by atoms with Crippen LogP contribution in [0.2, 0.25) is 5.02 Å². The number of nitrogens with one attached hydrogen (secondary N) is 1. The van der Waals surface area contributed by atoms with Crippen molar-refractivity contribution >= 4 is 49.9 Å². The third-order valence-corrected chi connectivity index (χ3v) is 8.40. The van der Waals surface area contributed by atoms with Crippen molar-refractivity contribution in [3.63, 3.8) is 0 Å². The summed E-state index contributed by atoms with van der Waals surface area (Å²) >= 11 is 7.88. The summed E-state index contributed by atoms with van der Waals surface area (Å²) in [7, 11) is -3.34. The first-order chi connectivity index (χ1) is 16.3. The maximum absolute atomic E-state index is 12.7. The van der Waals surface area contributed by atoms with Crippen molar-refractivity contribution in [2.75, 3.05) is 31.2 Å². The summed E-state index contributed by atoms with van der Waals surface area (Å²) in [4.78, 5) is 12.0. The second-order valence-electron chi connectivity index (χ2n) is 7.86. The Labute approximate surface area is 209 Å². The summed E-state index contributed by atoms with van der Waals surface area (Å²) in [5.41, 5.74) is 0.903. The van der Waals surface area contributed by atoms with Crippen LogP contribution < -0.4 is 10.1 Å². The highest BCUT2D eigenvalue weighted by Crippen LogP contribution is 2.27. The van der Waals surface area contributed by atoms with Gasteiger partial charge in [-0.3, -0.25) is 0 Å². The predicted molar refractivity (Wildman–Crippen MR) is 138 cm³/mol. The number of carboxylic acid groups (broad SMARTS) is 1. The molecule has 34 heavy (non-hydrogen) atoms. The largest absolute Gasteiger partial charge is 0.482 e. The van der Waals surface area contributed by atoms with E-state index in [2.05, 4.69) is 5.32 Å². The van der Waals surface area contributed by atoms with E-state index in [9.17, 15) is 13.2 Å². The Morgan fingerprint density at radius 1 is 1.09 bits per heavy atom. The molecule has 0 aliphatic carbocycles. The quantitative estimate of drug-likeness (QED) is 0.236. The van der Waals surface area contributed by atoms with Gasteiger partial charge in [0.2, 0.25) is 0 Å². The zero-order valence-electron chi connectivity index (χ0n) is 18.9. The molecule has 6 nitrogen and oxygen atoms in total. The van der Waals surface area contributed by atoms with Crippen molar-refractivity contribution in [1.82, 2.24) is 5.32 Å². The first-order valence-electron chi connectivity index (χ1n) is 11.0. The third kappa shape index (κ3) is 7.63. The standard InChI is InChI=1S/C25H28ClNO5S2/c1-18-15-20(7-10-24(18)32-17-25(28)29)33-13-3-11-27-12-4-14-34(30,31)21-8-9-22-19(16-21)5-2-6-23(22)26/h2,5-10,15-16,27H,3-4,11-14,17H2,1H3,(H,28,29). The molecule has 0 heterocycles. The molecule has 0 fully saturated rings. The Morgan fingerprint density at radius 2 is 1.88 bits per heavy atom. The zero-order chi connectivity index (χ0) is 24.6. The van der Waals surface area contributed by atoms with E-state index in [0.29, 0.717) is 28.6 Å². The number of aryl methyl sites for hydroxylation is 1. The van der Waals surface area contributed by atoms with Gasteiger partial charge in [0.05, 0.1) is 10.6 Å². The molecule has 0 aromatic heterocycles. The first kappa shape index (κ1) is 26.3. The molecule has 3 rings (SSSR count). The van der Waals surface area contributed by atoms with Crippen LogP contribution in [0.5, 0.6) is 5.75 Å². The fourth-order valence-corrected chi connectivity index (χ4v) is 5.98. The van der Waals surface area contributed by atoms with Crippen LogP contribution in [-0.4, -0.2) is 50.7 Å². The van der Waals surface area contributed by atoms with E-state index in [1.54, 1.807) is 42.1 Å². The minimum Gasteiger partial charge on any atom is -0.482 e. The second-order valence-corrected chi connectivity index (χ2v) is 11.5. The van der Waals surface area contributed by atoms with Gasteiger partial charge in [0.15, 0.2) is 16.4 Å². The summed E-state index contributed by atoms with van der Waals surface area (Å²) in [5, 5.41) is 14.3. The number of sulfone groups is 1. The number of thioether (sulfide) groups is 1. The van der Waals surface area contributed by atoms with E-state index < -0.39 is 15.8 Å². The maximum atomic E-state index is 12.7. The Bertz CT molecular complexity index is 1250. The number of benzene rings is 3. The number of aliphatic carboxylic acids is 1. The summed E-state index contributed by atoms with van der Waals surface area (Å²) in [6.45, 7) is 2.99. The van der Waals surface area contributed by atoms with Crippen LogP contribution in [0.3, 0.4) is 0 Å². The van der Waals surface area contributed by atoms with Crippen LogP contribution in [0.1, 0.15) is 18.4 Å². The van der Waals surface area contributed by atoms with Crippen molar-refractivity contribution < 1.29 is 23.1 Å². The van der Waals surface area contributed by atoms with Gasteiger partial charge in [0.25, 0.3) is 0 Å². The van der Waals surface area contributed by atoms with Gasteiger partial charge in [-0.25, -0.2) is 13.2 Å². The van der Waals surface area contributed by atoms with Crippen LogP contribution in [0.25, 0.3) is 10.8 Å². The number of hydrogen-bond donors (Lipinski definition) is 2. The zero-order valence-corrected chi connectivity index (χ0v) is 21.3. The monoisotopic (exact) mass is 521 g/mol. The topological polar surface area (TPSA) is 92.7 Å². The van der Waals surface area contributed by atoms with Crippen LogP contribution in [-0.2, 0) is 14.6 Å². The summed E-state index contributed by atoms with van der Waals surface area (Å²) in [6.07, 6.45) is 1.49. The Hall–Kier alpha value is -2.26. The lowest BCUT2D eigenvalue weighted by Crippen LogP contribution is -2.20. The van der Waals surface area contributed by atoms with Crippen molar-refractivity contribution in [3.8, 4) is 5.75 Å². The number of fused-ring (bicyclic) bond motifs is 1. The molecule has 0 unspecified atom stereocenters. The molecular formula is C25H28ClNO5S2. The SMILES string of the molecule is Cc1cc(SCCCNCCCS(=O)(=O)c2ccc3c(Cl)cccc3c2)ccc1OCC(=O)O. The molecule has 0 saturated heterocycles. The molecule has 3 aromatic carbocycles.